The Balaban J connectivity index is 2.30. The normalized spacial score (nSPS) is 13.3. The van der Waals surface area contributed by atoms with Crippen LogP contribution in [0.4, 0.5) is 0 Å². The Bertz CT molecular complexity index is 927. The number of rotatable bonds is 3. The quantitative estimate of drug-likeness (QED) is 0.408. The Labute approximate surface area is 140 Å². The lowest BCUT2D eigenvalue weighted by molar-refractivity contribution is 0.0506. The molecule has 0 aromatic heterocycles. The van der Waals surface area contributed by atoms with Crippen LogP contribution in [-0.2, 0) is 4.74 Å². The molecular formula is C20H14N2O2. The van der Waals surface area contributed by atoms with Crippen LogP contribution in [0.3, 0.4) is 0 Å². The largest absolute Gasteiger partial charge is 0.462 e. The van der Waals surface area contributed by atoms with Crippen LogP contribution in [0, 0.1) is 17.9 Å². The van der Waals surface area contributed by atoms with Gasteiger partial charge in [-0.1, -0.05) is 43.3 Å². The number of hydrogen-bond donors (Lipinski definition) is 0. The molecule has 1 aliphatic carbocycles. The van der Waals surface area contributed by atoms with Crippen molar-refractivity contribution < 1.29 is 9.53 Å². The van der Waals surface area contributed by atoms with E-state index in [2.05, 4.69) is 4.85 Å². The van der Waals surface area contributed by atoms with Gasteiger partial charge in [0, 0.05) is 11.1 Å². The fraction of sp³-hybridized carbons (Fsp3) is 0.150. The van der Waals surface area contributed by atoms with Crippen LogP contribution in [0.2, 0.25) is 0 Å². The summed E-state index contributed by atoms with van der Waals surface area (Å²) in [7, 11) is 0. The molecule has 0 saturated heterocycles. The van der Waals surface area contributed by atoms with E-state index in [1.807, 2.05) is 43.3 Å². The Morgan fingerprint density at radius 2 is 1.88 bits per heavy atom. The number of nitriles is 1. The van der Waals surface area contributed by atoms with Crippen LogP contribution in [0.25, 0.3) is 21.5 Å². The van der Waals surface area contributed by atoms with Crippen molar-refractivity contribution in [1.82, 2.24) is 0 Å². The maximum Gasteiger partial charge on any atom is 0.338 e. The first-order chi connectivity index (χ1) is 11.7. The molecule has 0 bridgehead atoms. The van der Waals surface area contributed by atoms with Gasteiger partial charge in [-0.25, -0.2) is 14.9 Å². The number of hydrogen-bond acceptors (Lipinski definition) is 3. The standard InChI is InChI=1S/C20H14N2O2/c1-3-11-24-20(23)16-10-6-9-15-18(16)13-7-4-5-8-14(13)19(15)17(12-21)22-2/h4-10H,3,11H2,1H3/b19-17+. The highest BCUT2D eigenvalue weighted by Crippen LogP contribution is 2.47. The van der Waals surface area contributed by atoms with E-state index in [0.717, 1.165) is 28.7 Å². The molecule has 4 nitrogen and oxygen atoms in total. The molecule has 4 heteroatoms. The summed E-state index contributed by atoms with van der Waals surface area (Å²) in [6.45, 7) is 9.59. The van der Waals surface area contributed by atoms with E-state index in [4.69, 9.17) is 11.3 Å². The Hall–Kier alpha value is -3.37. The fourth-order valence-corrected chi connectivity index (χ4v) is 2.95. The van der Waals surface area contributed by atoms with Gasteiger partial charge in [-0.05, 0) is 29.2 Å². The predicted octanol–water partition coefficient (Wildman–Crippen LogP) is 4.44. The zero-order valence-corrected chi connectivity index (χ0v) is 13.2. The predicted molar refractivity (Wildman–Crippen MR) is 90.7 cm³/mol. The molecule has 24 heavy (non-hydrogen) atoms. The van der Waals surface area contributed by atoms with E-state index >= 15 is 0 Å². The van der Waals surface area contributed by atoms with Crippen LogP contribution in [0.15, 0.2) is 48.2 Å². The van der Waals surface area contributed by atoms with Crippen molar-refractivity contribution in [2.75, 3.05) is 6.61 Å². The molecule has 0 N–H and O–H groups in total. The molecule has 0 radical (unpaired) electrons. The second-order valence-electron chi connectivity index (χ2n) is 5.36. The first-order valence-corrected chi connectivity index (χ1v) is 7.65. The van der Waals surface area contributed by atoms with Gasteiger partial charge in [0.2, 0.25) is 0 Å². The maximum atomic E-state index is 12.4. The summed E-state index contributed by atoms with van der Waals surface area (Å²) >= 11 is 0. The molecule has 0 spiro atoms. The van der Waals surface area contributed by atoms with Crippen molar-refractivity contribution in [3.05, 3.63) is 76.3 Å². The zero-order valence-electron chi connectivity index (χ0n) is 13.2. The monoisotopic (exact) mass is 314 g/mol. The van der Waals surface area contributed by atoms with Crippen molar-refractivity contribution in [2.24, 2.45) is 0 Å². The highest BCUT2D eigenvalue weighted by molar-refractivity contribution is 6.10. The van der Waals surface area contributed by atoms with Gasteiger partial charge >= 0.3 is 5.97 Å². The molecule has 3 rings (SSSR count). The summed E-state index contributed by atoms with van der Waals surface area (Å²) in [6.07, 6.45) is 0.749. The number of ether oxygens (including phenoxy) is 1. The van der Waals surface area contributed by atoms with Crippen molar-refractivity contribution >= 4 is 11.5 Å². The minimum absolute atomic E-state index is 0.0280. The molecule has 2 aromatic rings. The first kappa shape index (κ1) is 15.5. The minimum Gasteiger partial charge on any atom is -0.462 e. The molecule has 0 atom stereocenters. The van der Waals surface area contributed by atoms with E-state index in [0.29, 0.717) is 17.7 Å². The number of fused-ring (bicyclic) bond motifs is 3. The number of carbonyl (C=O) groups is 1. The molecule has 0 fully saturated rings. The van der Waals surface area contributed by atoms with E-state index in [1.165, 1.54) is 0 Å². The first-order valence-electron chi connectivity index (χ1n) is 7.65. The van der Waals surface area contributed by atoms with Gasteiger partial charge in [0.25, 0.3) is 5.70 Å². The van der Waals surface area contributed by atoms with E-state index in [9.17, 15) is 10.1 Å². The van der Waals surface area contributed by atoms with E-state index < -0.39 is 0 Å². The molecule has 0 saturated carbocycles. The lowest BCUT2D eigenvalue weighted by Gasteiger charge is -2.09. The van der Waals surface area contributed by atoms with Crippen molar-refractivity contribution in [2.45, 2.75) is 13.3 Å². The minimum atomic E-state index is -0.383. The van der Waals surface area contributed by atoms with Gasteiger partial charge in [0.05, 0.1) is 24.8 Å². The Kier molecular flexibility index (Phi) is 4.14. The van der Waals surface area contributed by atoms with Crippen molar-refractivity contribution in [3.8, 4) is 17.2 Å². The topological polar surface area (TPSA) is 54.5 Å². The second-order valence-corrected chi connectivity index (χ2v) is 5.36. The summed E-state index contributed by atoms with van der Waals surface area (Å²) < 4.78 is 5.29. The van der Waals surface area contributed by atoms with Gasteiger partial charge in [0.1, 0.15) is 0 Å². The number of benzene rings is 2. The van der Waals surface area contributed by atoms with Gasteiger partial charge in [-0.2, -0.15) is 0 Å². The summed E-state index contributed by atoms with van der Waals surface area (Å²) in [6, 6.07) is 14.8. The van der Waals surface area contributed by atoms with Crippen molar-refractivity contribution in [3.63, 3.8) is 0 Å². The summed E-state index contributed by atoms with van der Waals surface area (Å²) in [5, 5.41) is 9.32. The molecule has 0 amide bonds. The van der Waals surface area contributed by atoms with E-state index in [-0.39, 0.29) is 11.7 Å². The van der Waals surface area contributed by atoms with Crippen LogP contribution in [-0.4, -0.2) is 12.6 Å². The highest BCUT2D eigenvalue weighted by atomic mass is 16.5. The summed E-state index contributed by atoms with van der Waals surface area (Å²) in [5.41, 5.74) is 4.20. The van der Waals surface area contributed by atoms with E-state index in [1.54, 1.807) is 12.1 Å². The Morgan fingerprint density at radius 3 is 2.54 bits per heavy atom. The third-order valence-electron chi connectivity index (χ3n) is 3.91. The molecule has 116 valence electrons. The smallest absolute Gasteiger partial charge is 0.338 e. The van der Waals surface area contributed by atoms with Gasteiger partial charge < -0.3 is 4.74 Å². The summed E-state index contributed by atoms with van der Waals surface area (Å²) in [4.78, 5) is 15.8. The maximum absolute atomic E-state index is 12.4. The number of carbonyl (C=O) groups excluding carboxylic acids is 1. The number of allylic oxidation sites excluding steroid dienone is 1. The summed E-state index contributed by atoms with van der Waals surface area (Å²) in [5.74, 6) is -0.383. The van der Waals surface area contributed by atoms with Crippen LogP contribution < -0.4 is 0 Å². The molecule has 0 heterocycles. The zero-order chi connectivity index (χ0) is 17.1. The molecule has 1 aliphatic rings. The highest BCUT2D eigenvalue weighted by Gasteiger charge is 2.30. The number of nitrogens with zero attached hydrogens (tertiary/aromatic N) is 2. The van der Waals surface area contributed by atoms with Crippen molar-refractivity contribution in [1.29, 1.82) is 5.26 Å². The third-order valence-corrected chi connectivity index (χ3v) is 3.91. The van der Waals surface area contributed by atoms with Gasteiger partial charge in [0.15, 0.2) is 0 Å². The Morgan fingerprint density at radius 1 is 1.17 bits per heavy atom. The lowest BCUT2D eigenvalue weighted by atomic mass is 9.99. The SMILES string of the molecule is [C-]#[N+]/C(C#N)=C1\c2ccccc2-c2c(C(=O)OCCC)cccc21. The average Bonchev–Trinajstić information content (AvgIpc) is 2.96. The molecular weight excluding hydrogens is 300 g/mol. The fourth-order valence-electron chi connectivity index (χ4n) is 2.95. The number of esters is 1. The molecule has 0 unspecified atom stereocenters. The second kappa shape index (κ2) is 6.40. The van der Waals surface area contributed by atoms with Gasteiger partial charge in [-0.3, -0.25) is 0 Å². The average molecular weight is 314 g/mol. The van der Waals surface area contributed by atoms with Crippen LogP contribution >= 0.6 is 0 Å². The van der Waals surface area contributed by atoms with Gasteiger partial charge in [-0.15, -0.1) is 0 Å². The third kappa shape index (κ3) is 2.35. The van der Waals surface area contributed by atoms with Crippen LogP contribution in [0.1, 0.15) is 34.8 Å². The van der Waals surface area contributed by atoms with Crippen LogP contribution in [0.5, 0.6) is 0 Å². The molecule has 2 aromatic carbocycles. The lowest BCUT2D eigenvalue weighted by Crippen LogP contribution is -2.07. The molecule has 0 aliphatic heterocycles.